The molecule has 1 aliphatic heterocycles. The number of nitrogens with zero attached hydrogens (tertiary/aromatic N) is 1. The predicted octanol–water partition coefficient (Wildman–Crippen LogP) is 0.575. The van der Waals surface area contributed by atoms with Crippen LogP contribution >= 0.6 is 0 Å². The van der Waals surface area contributed by atoms with Crippen molar-refractivity contribution in [2.75, 3.05) is 20.3 Å². The van der Waals surface area contributed by atoms with Crippen LogP contribution in [0.1, 0.15) is 25.8 Å². The van der Waals surface area contributed by atoms with Gasteiger partial charge in [0.15, 0.2) is 6.61 Å². The smallest absolute Gasteiger partial charge is 0.325 e. The van der Waals surface area contributed by atoms with Crippen LogP contribution in [0, 0.1) is 0 Å². The first-order valence-electron chi connectivity index (χ1n) is 8.43. The number of urea groups is 1. The molecule has 0 spiro atoms. The fourth-order valence-corrected chi connectivity index (χ4v) is 2.54. The van der Waals surface area contributed by atoms with Crippen LogP contribution in [-0.2, 0) is 25.7 Å². The van der Waals surface area contributed by atoms with E-state index in [-0.39, 0.29) is 19.5 Å². The van der Waals surface area contributed by atoms with Gasteiger partial charge in [0.2, 0.25) is 0 Å². The summed E-state index contributed by atoms with van der Waals surface area (Å²) in [7, 11) is 1.54. The number of methoxy groups -OCH3 is 1. The van der Waals surface area contributed by atoms with E-state index in [1.165, 1.54) is 7.11 Å². The number of amides is 4. The molecule has 2 rings (SSSR count). The quantitative estimate of drug-likeness (QED) is 0.506. The van der Waals surface area contributed by atoms with Crippen molar-refractivity contribution < 1.29 is 28.7 Å². The van der Waals surface area contributed by atoms with E-state index in [1.54, 1.807) is 19.9 Å². The Morgan fingerprint density at radius 1 is 1.22 bits per heavy atom. The second-order valence-electron chi connectivity index (χ2n) is 6.51. The summed E-state index contributed by atoms with van der Waals surface area (Å²) in [5.74, 6) is -0.903. The van der Waals surface area contributed by atoms with Crippen LogP contribution in [0.4, 0.5) is 4.79 Å². The number of carbonyl (C=O) groups is 4. The average molecular weight is 377 g/mol. The summed E-state index contributed by atoms with van der Waals surface area (Å²) in [4.78, 5) is 48.3. The molecule has 0 aliphatic carbocycles. The number of imide groups is 1. The van der Waals surface area contributed by atoms with Crippen LogP contribution in [0.2, 0.25) is 0 Å². The predicted molar refractivity (Wildman–Crippen MR) is 94.7 cm³/mol. The lowest BCUT2D eigenvalue weighted by Crippen LogP contribution is -2.40. The molecule has 0 unspecified atom stereocenters. The Labute approximate surface area is 157 Å². The average Bonchev–Trinajstić information content (AvgIpc) is 2.83. The molecule has 4 amide bonds. The fourth-order valence-electron chi connectivity index (χ4n) is 2.54. The molecule has 1 aromatic carbocycles. The summed E-state index contributed by atoms with van der Waals surface area (Å²) in [5, 5.41) is 5.15. The Bertz CT molecular complexity index is 746. The third kappa shape index (κ3) is 5.19. The van der Waals surface area contributed by atoms with E-state index < -0.39 is 36.0 Å². The standard InChI is InChI=1S/C18H23N3O6/c1-18(2)16(24)21(17(25)20-18)9-8-15(23)27-11-14(22)19-10-12-6-4-5-7-13(12)26-3/h4-7H,8-11H2,1-3H3,(H,19,22)(H,20,25). The molecule has 1 fully saturated rings. The van der Waals surface area contributed by atoms with Gasteiger partial charge >= 0.3 is 12.0 Å². The number of hydrogen-bond donors (Lipinski definition) is 2. The van der Waals surface area contributed by atoms with E-state index in [2.05, 4.69) is 10.6 Å². The largest absolute Gasteiger partial charge is 0.496 e. The fraction of sp³-hybridized carbons (Fsp3) is 0.444. The highest BCUT2D eigenvalue weighted by atomic mass is 16.5. The van der Waals surface area contributed by atoms with E-state index in [9.17, 15) is 19.2 Å². The van der Waals surface area contributed by atoms with E-state index in [1.807, 2.05) is 18.2 Å². The molecule has 0 bridgehead atoms. The Balaban J connectivity index is 1.72. The zero-order valence-electron chi connectivity index (χ0n) is 15.5. The highest BCUT2D eigenvalue weighted by Crippen LogP contribution is 2.17. The van der Waals surface area contributed by atoms with Crippen molar-refractivity contribution in [1.29, 1.82) is 0 Å². The maximum Gasteiger partial charge on any atom is 0.325 e. The van der Waals surface area contributed by atoms with Crippen molar-refractivity contribution in [1.82, 2.24) is 15.5 Å². The van der Waals surface area contributed by atoms with Gasteiger partial charge in [-0.15, -0.1) is 0 Å². The minimum Gasteiger partial charge on any atom is -0.496 e. The number of para-hydroxylation sites is 1. The Hall–Kier alpha value is -3.10. The van der Waals surface area contributed by atoms with Gasteiger partial charge in [0.25, 0.3) is 11.8 Å². The van der Waals surface area contributed by atoms with Gasteiger partial charge in [-0.2, -0.15) is 0 Å². The van der Waals surface area contributed by atoms with Crippen LogP contribution in [0.3, 0.4) is 0 Å². The molecule has 0 aromatic heterocycles. The van der Waals surface area contributed by atoms with Crippen molar-refractivity contribution in [3.05, 3.63) is 29.8 Å². The van der Waals surface area contributed by atoms with Crippen molar-refractivity contribution in [3.8, 4) is 5.75 Å². The van der Waals surface area contributed by atoms with E-state index >= 15 is 0 Å². The highest BCUT2D eigenvalue weighted by molar-refractivity contribution is 6.06. The molecule has 9 nitrogen and oxygen atoms in total. The Morgan fingerprint density at radius 3 is 2.56 bits per heavy atom. The molecule has 27 heavy (non-hydrogen) atoms. The number of ether oxygens (including phenoxy) is 2. The maximum atomic E-state index is 12.0. The molecule has 146 valence electrons. The van der Waals surface area contributed by atoms with Crippen LogP contribution in [0.5, 0.6) is 5.75 Å². The van der Waals surface area contributed by atoms with Gasteiger partial charge < -0.3 is 20.1 Å². The second-order valence-corrected chi connectivity index (χ2v) is 6.51. The number of nitrogens with one attached hydrogen (secondary N) is 2. The summed E-state index contributed by atoms with van der Waals surface area (Å²) in [6.45, 7) is 2.85. The minimum atomic E-state index is -0.987. The van der Waals surface area contributed by atoms with Gasteiger partial charge in [0, 0.05) is 18.7 Å². The molecule has 1 aliphatic rings. The molecule has 9 heteroatoms. The lowest BCUT2D eigenvalue weighted by atomic mass is 10.1. The zero-order valence-corrected chi connectivity index (χ0v) is 15.5. The van der Waals surface area contributed by atoms with E-state index in [4.69, 9.17) is 9.47 Å². The summed E-state index contributed by atoms with van der Waals surface area (Å²) in [6.07, 6.45) is -0.185. The summed E-state index contributed by atoms with van der Waals surface area (Å²) >= 11 is 0. The molecule has 1 saturated heterocycles. The first-order valence-corrected chi connectivity index (χ1v) is 8.43. The molecule has 1 heterocycles. The second kappa shape index (κ2) is 8.52. The number of esters is 1. The molecular weight excluding hydrogens is 354 g/mol. The third-order valence-electron chi connectivity index (χ3n) is 4.02. The topological polar surface area (TPSA) is 114 Å². The molecule has 0 atom stereocenters. The molecule has 0 saturated carbocycles. The normalized spacial score (nSPS) is 15.3. The number of rotatable bonds is 8. The van der Waals surface area contributed by atoms with Gasteiger partial charge in [-0.05, 0) is 19.9 Å². The van der Waals surface area contributed by atoms with Crippen LogP contribution in [0.25, 0.3) is 0 Å². The minimum absolute atomic E-state index is 0.101. The summed E-state index contributed by atoms with van der Waals surface area (Å²) in [5.41, 5.74) is -0.194. The van der Waals surface area contributed by atoms with Crippen molar-refractivity contribution in [2.24, 2.45) is 0 Å². The number of benzene rings is 1. The number of carbonyl (C=O) groups excluding carboxylic acids is 4. The Kier molecular flexibility index (Phi) is 6.38. The van der Waals surface area contributed by atoms with Crippen LogP contribution in [-0.4, -0.2) is 54.5 Å². The monoisotopic (exact) mass is 377 g/mol. The molecule has 1 aromatic rings. The lowest BCUT2D eigenvalue weighted by Gasteiger charge is -2.15. The first-order chi connectivity index (χ1) is 12.7. The van der Waals surface area contributed by atoms with Crippen molar-refractivity contribution in [3.63, 3.8) is 0 Å². The Morgan fingerprint density at radius 2 is 1.93 bits per heavy atom. The van der Waals surface area contributed by atoms with Gasteiger partial charge in [-0.25, -0.2) is 4.79 Å². The van der Waals surface area contributed by atoms with Gasteiger partial charge in [-0.1, -0.05) is 18.2 Å². The van der Waals surface area contributed by atoms with Gasteiger partial charge in [0.1, 0.15) is 11.3 Å². The van der Waals surface area contributed by atoms with Crippen LogP contribution < -0.4 is 15.4 Å². The molecular formula is C18H23N3O6. The molecule has 2 N–H and O–H groups in total. The zero-order chi connectivity index (χ0) is 20.0. The summed E-state index contributed by atoms with van der Waals surface area (Å²) in [6, 6.07) is 6.68. The SMILES string of the molecule is COc1ccccc1CNC(=O)COC(=O)CCN1C(=O)NC(C)(C)C1=O. The van der Waals surface area contributed by atoms with Crippen LogP contribution in [0.15, 0.2) is 24.3 Å². The van der Waals surface area contributed by atoms with Gasteiger partial charge in [0.05, 0.1) is 13.5 Å². The summed E-state index contributed by atoms with van der Waals surface area (Å²) < 4.78 is 10.1. The van der Waals surface area contributed by atoms with Crippen molar-refractivity contribution in [2.45, 2.75) is 32.4 Å². The van der Waals surface area contributed by atoms with Crippen molar-refractivity contribution >= 4 is 23.8 Å². The van der Waals surface area contributed by atoms with Gasteiger partial charge in [-0.3, -0.25) is 19.3 Å². The van der Waals surface area contributed by atoms with E-state index in [0.29, 0.717) is 5.75 Å². The molecule has 0 radical (unpaired) electrons. The third-order valence-corrected chi connectivity index (χ3v) is 4.02. The first kappa shape index (κ1) is 20.2. The lowest BCUT2D eigenvalue weighted by molar-refractivity contribution is -0.149. The highest BCUT2D eigenvalue weighted by Gasteiger charge is 2.44. The maximum absolute atomic E-state index is 12.0. The number of hydrogen-bond acceptors (Lipinski definition) is 6. The van der Waals surface area contributed by atoms with E-state index in [0.717, 1.165) is 10.5 Å².